The predicted molar refractivity (Wildman–Crippen MR) is 47.6 cm³/mol. The van der Waals surface area contributed by atoms with Gasteiger partial charge >= 0.3 is 0 Å². The van der Waals surface area contributed by atoms with Crippen LogP contribution in [0.4, 0.5) is 5.82 Å². The molecule has 4 nitrogen and oxygen atoms in total. The monoisotopic (exact) mass is 178 g/mol. The van der Waals surface area contributed by atoms with Crippen LogP contribution in [0.2, 0.25) is 0 Å². The highest BCUT2D eigenvalue weighted by Gasteiger charge is 2.12. The second-order valence-corrected chi connectivity index (χ2v) is 2.81. The summed E-state index contributed by atoms with van der Waals surface area (Å²) < 4.78 is 4.96. The minimum absolute atomic E-state index is 0.398. The number of nitrogens with two attached hydrogens (primary N) is 1. The van der Waals surface area contributed by atoms with Crippen LogP contribution >= 0.6 is 0 Å². The number of aryl methyl sites for hydroxylation is 1. The highest BCUT2D eigenvalue weighted by Crippen LogP contribution is 2.12. The van der Waals surface area contributed by atoms with Crippen molar-refractivity contribution in [2.24, 2.45) is 0 Å². The first-order valence-electron chi connectivity index (χ1n) is 3.89. The molecule has 0 aromatic carbocycles. The third kappa shape index (κ3) is 1.95. The van der Waals surface area contributed by atoms with Gasteiger partial charge in [-0.3, -0.25) is 5.73 Å². The summed E-state index contributed by atoms with van der Waals surface area (Å²) >= 11 is 0. The number of anilines is 1. The summed E-state index contributed by atoms with van der Waals surface area (Å²) in [4.78, 5) is 2.89. The Hall–Kier alpha value is -1.60. The maximum absolute atomic E-state index is 8.81. The number of ether oxygens (including phenoxy) is 1. The first kappa shape index (κ1) is 9.49. The van der Waals surface area contributed by atoms with E-state index in [1.165, 1.54) is 0 Å². The largest absolute Gasteiger partial charge is 0.380 e. The fraction of sp³-hybridized carbons (Fsp3) is 0.333. The highest BCUT2D eigenvalue weighted by molar-refractivity contribution is 5.49. The number of hydrogen-bond acceptors (Lipinski definition) is 3. The number of nitrogen functional groups attached to an aromatic ring is 1. The van der Waals surface area contributed by atoms with Crippen LogP contribution in [0.25, 0.3) is 0 Å². The number of methoxy groups -OCH3 is 1. The Morgan fingerprint density at radius 3 is 2.92 bits per heavy atom. The van der Waals surface area contributed by atoms with Crippen molar-refractivity contribution in [3.05, 3.63) is 22.9 Å². The van der Waals surface area contributed by atoms with Gasteiger partial charge in [0.05, 0.1) is 12.3 Å². The van der Waals surface area contributed by atoms with Crippen molar-refractivity contribution >= 4 is 5.82 Å². The van der Waals surface area contributed by atoms with Crippen LogP contribution in [0.5, 0.6) is 0 Å². The molecule has 0 amide bonds. The zero-order chi connectivity index (χ0) is 9.84. The van der Waals surface area contributed by atoms with E-state index < -0.39 is 0 Å². The number of aromatic amines is 1. The lowest BCUT2D eigenvalue weighted by Crippen LogP contribution is -2.17. The number of nitriles is 1. The molecule has 4 heteroatoms. The number of H-pyrrole nitrogens is 1. The Labute approximate surface area is 77.0 Å². The molecule has 1 aromatic heterocycles. The molecule has 1 heterocycles. The lowest BCUT2D eigenvalue weighted by molar-refractivity contribution is -0.370. The Balaban J connectivity index is 3.23. The molecule has 0 fully saturated rings. The Morgan fingerprint density at radius 2 is 2.38 bits per heavy atom. The lowest BCUT2D eigenvalue weighted by Gasteiger charge is -2.02. The zero-order valence-corrected chi connectivity index (χ0v) is 7.72. The quantitative estimate of drug-likeness (QED) is 0.712. The number of aromatic nitrogens is 1. The maximum atomic E-state index is 8.81. The second-order valence-electron chi connectivity index (χ2n) is 2.81. The molecule has 13 heavy (non-hydrogen) atoms. The number of pyridine rings is 1. The Kier molecular flexibility index (Phi) is 2.83. The molecule has 0 atom stereocenters. The van der Waals surface area contributed by atoms with Gasteiger partial charge in [0.15, 0.2) is 0 Å². The third-order valence-electron chi connectivity index (χ3n) is 1.72. The van der Waals surface area contributed by atoms with Crippen LogP contribution in [0, 0.1) is 18.3 Å². The SMILES string of the molecule is COCc1cc(C)[nH+]c(N)c1C#N. The van der Waals surface area contributed by atoms with Crippen molar-refractivity contribution in [1.29, 1.82) is 5.26 Å². The first-order valence-corrected chi connectivity index (χ1v) is 3.89. The van der Waals surface area contributed by atoms with Crippen LogP contribution in [0.1, 0.15) is 16.8 Å². The summed E-state index contributed by atoms with van der Waals surface area (Å²) in [6, 6.07) is 3.90. The van der Waals surface area contributed by atoms with Crippen LogP contribution < -0.4 is 10.7 Å². The lowest BCUT2D eigenvalue weighted by atomic mass is 10.1. The number of nitrogens with zero attached hydrogens (tertiary/aromatic N) is 1. The van der Waals surface area contributed by atoms with Crippen molar-refractivity contribution in [3.8, 4) is 6.07 Å². The van der Waals surface area contributed by atoms with E-state index in [2.05, 4.69) is 4.98 Å². The van der Waals surface area contributed by atoms with Crippen molar-refractivity contribution in [1.82, 2.24) is 0 Å². The van der Waals surface area contributed by atoms with Gasteiger partial charge < -0.3 is 4.74 Å². The average Bonchev–Trinajstić information content (AvgIpc) is 2.04. The molecular weight excluding hydrogens is 166 g/mol. The predicted octanol–water partition coefficient (Wildman–Crippen LogP) is 0.409. The van der Waals surface area contributed by atoms with Crippen molar-refractivity contribution in [3.63, 3.8) is 0 Å². The van der Waals surface area contributed by atoms with Crippen LogP contribution in [0.15, 0.2) is 6.07 Å². The Bertz CT molecular complexity index is 355. The van der Waals surface area contributed by atoms with Crippen molar-refractivity contribution in [2.75, 3.05) is 12.8 Å². The minimum Gasteiger partial charge on any atom is -0.380 e. The molecular formula is C9H12N3O+. The number of nitrogens with one attached hydrogen (secondary N) is 1. The molecule has 0 aliphatic carbocycles. The smallest absolute Gasteiger partial charge is 0.288 e. The van der Waals surface area contributed by atoms with Gasteiger partial charge in [0, 0.05) is 12.7 Å². The molecule has 1 rings (SSSR count). The van der Waals surface area contributed by atoms with E-state index in [9.17, 15) is 0 Å². The van der Waals surface area contributed by atoms with E-state index in [0.717, 1.165) is 11.3 Å². The van der Waals surface area contributed by atoms with Gasteiger partial charge in [-0.2, -0.15) is 5.26 Å². The molecule has 68 valence electrons. The molecule has 1 aromatic rings. The van der Waals surface area contributed by atoms with Gasteiger partial charge in [-0.15, -0.1) is 0 Å². The van der Waals surface area contributed by atoms with Crippen LogP contribution in [0.3, 0.4) is 0 Å². The third-order valence-corrected chi connectivity index (χ3v) is 1.72. The summed E-state index contributed by atoms with van der Waals surface area (Å²) in [5.74, 6) is 0.398. The summed E-state index contributed by atoms with van der Waals surface area (Å²) in [5, 5.41) is 8.81. The standard InChI is InChI=1S/C9H11N3O/c1-6-3-7(5-13-2)8(4-10)9(11)12-6/h3H,5H2,1-2H3,(H2,11,12)/p+1. The minimum atomic E-state index is 0.398. The van der Waals surface area contributed by atoms with E-state index in [-0.39, 0.29) is 0 Å². The topological polar surface area (TPSA) is 73.2 Å². The van der Waals surface area contributed by atoms with Gasteiger partial charge in [-0.1, -0.05) is 0 Å². The molecule has 0 saturated heterocycles. The molecule has 0 aliphatic heterocycles. The Morgan fingerprint density at radius 1 is 1.69 bits per heavy atom. The summed E-state index contributed by atoms with van der Waals surface area (Å²) in [6.45, 7) is 2.29. The van der Waals surface area contributed by atoms with Crippen molar-refractivity contribution in [2.45, 2.75) is 13.5 Å². The normalized spacial score (nSPS) is 9.62. The van der Waals surface area contributed by atoms with Crippen LogP contribution in [-0.2, 0) is 11.3 Å². The van der Waals surface area contributed by atoms with E-state index in [1.54, 1.807) is 7.11 Å². The van der Waals surface area contributed by atoms with Gasteiger partial charge in [0.2, 0.25) is 0 Å². The molecule has 0 bridgehead atoms. The molecule has 0 aliphatic rings. The highest BCUT2D eigenvalue weighted by atomic mass is 16.5. The van der Waals surface area contributed by atoms with Gasteiger partial charge in [-0.05, 0) is 13.0 Å². The maximum Gasteiger partial charge on any atom is 0.288 e. The average molecular weight is 178 g/mol. The number of rotatable bonds is 2. The van der Waals surface area contributed by atoms with E-state index in [0.29, 0.717) is 18.0 Å². The molecule has 0 radical (unpaired) electrons. The van der Waals surface area contributed by atoms with Gasteiger partial charge in [0.1, 0.15) is 11.6 Å². The van der Waals surface area contributed by atoms with E-state index in [4.69, 9.17) is 15.7 Å². The summed E-state index contributed by atoms with van der Waals surface area (Å²) in [6.07, 6.45) is 0. The van der Waals surface area contributed by atoms with E-state index >= 15 is 0 Å². The fourth-order valence-electron chi connectivity index (χ4n) is 1.22. The van der Waals surface area contributed by atoms with Gasteiger partial charge in [-0.25, -0.2) is 4.98 Å². The molecule has 3 N–H and O–H groups in total. The summed E-state index contributed by atoms with van der Waals surface area (Å²) in [5.41, 5.74) is 7.83. The van der Waals surface area contributed by atoms with Gasteiger partial charge in [0.25, 0.3) is 5.82 Å². The first-order chi connectivity index (χ1) is 6.19. The molecule has 0 saturated carbocycles. The molecule has 0 unspecified atom stereocenters. The van der Waals surface area contributed by atoms with E-state index in [1.807, 2.05) is 19.1 Å². The number of hydrogen-bond donors (Lipinski definition) is 1. The zero-order valence-electron chi connectivity index (χ0n) is 7.72. The van der Waals surface area contributed by atoms with Crippen molar-refractivity contribution < 1.29 is 9.72 Å². The molecule has 0 spiro atoms. The summed E-state index contributed by atoms with van der Waals surface area (Å²) in [7, 11) is 1.59. The van der Waals surface area contributed by atoms with Crippen LogP contribution in [-0.4, -0.2) is 7.11 Å². The second kappa shape index (κ2) is 3.87. The fourth-order valence-corrected chi connectivity index (χ4v) is 1.22.